The minimum atomic E-state index is -0.322. The number of phenolic OH excluding ortho intramolecular Hbond substituents is 1. The van der Waals surface area contributed by atoms with Gasteiger partial charge in [0, 0.05) is 11.1 Å². The van der Waals surface area contributed by atoms with Crippen LogP contribution in [0.5, 0.6) is 5.75 Å². The molecule has 0 aromatic heterocycles. The van der Waals surface area contributed by atoms with Gasteiger partial charge in [-0.1, -0.05) is 0 Å². The second kappa shape index (κ2) is 5.19. The first-order chi connectivity index (χ1) is 7.85. The van der Waals surface area contributed by atoms with Gasteiger partial charge in [0.25, 0.3) is 5.91 Å². The van der Waals surface area contributed by atoms with E-state index in [1.807, 2.05) is 13.8 Å². The quantitative estimate of drug-likeness (QED) is 0.742. The number of phenols is 1. The van der Waals surface area contributed by atoms with Gasteiger partial charge >= 0.3 is 0 Å². The molecule has 0 aliphatic rings. The van der Waals surface area contributed by atoms with Crippen LogP contribution >= 0.6 is 0 Å². The Morgan fingerprint density at radius 1 is 1.47 bits per heavy atom. The van der Waals surface area contributed by atoms with Crippen molar-refractivity contribution in [3.63, 3.8) is 0 Å². The van der Waals surface area contributed by atoms with Crippen LogP contribution in [0.15, 0.2) is 18.2 Å². The third-order valence-electron chi connectivity index (χ3n) is 2.68. The van der Waals surface area contributed by atoms with Gasteiger partial charge in [-0.25, -0.2) is 0 Å². The molecular weight excluding hydrogens is 216 g/mol. The highest BCUT2D eigenvalue weighted by Gasteiger charge is 2.20. The highest BCUT2D eigenvalue weighted by Crippen LogP contribution is 2.17. The molecule has 0 saturated heterocycles. The van der Waals surface area contributed by atoms with Gasteiger partial charge in [0.05, 0.1) is 0 Å². The SMILES string of the molecule is Cc1cc(C(=O)NC(C)(C)CCN)ccc1O. The number of benzene rings is 1. The van der Waals surface area contributed by atoms with Crippen molar-refractivity contribution in [2.75, 3.05) is 6.54 Å². The largest absolute Gasteiger partial charge is 0.508 e. The van der Waals surface area contributed by atoms with E-state index in [0.29, 0.717) is 17.7 Å². The second-order valence-corrected chi connectivity index (χ2v) is 4.88. The number of carbonyl (C=O) groups is 1. The van der Waals surface area contributed by atoms with E-state index in [1.54, 1.807) is 19.1 Å². The number of nitrogens with one attached hydrogen (secondary N) is 1. The Morgan fingerprint density at radius 3 is 2.65 bits per heavy atom. The van der Waals surface area contributed by atoms with E-state index >= 15 is 0 Å². The Hall–Kier alpha value is -1.55. The number of hydrogen-bond acceptors (Lipinski definition) is 3. The standard InChI is InChI=1S/C13H20N2O2/c1-9-8-10(4-5-11(9)16)12(17)15-13(2,3)6-7-14/h4-5,8,16H,6-7,14H2,1-3H3,(H,15,17). The molecule has 0 radical (unpaired) electrons. The first-order valence-electron chi connectivity index (χ1n) is 5.68. The lowest BCUT2D eigenvalue weighted by Gasteiger charge is -2.25. The van der Waals surface area contributed by atoms with Crippen LogP contribution in [-0.4, -0.2) is 23.1 Å². The number of amides is 1. The molecular formula is C13H20N2O2. The van der Waals surface area contributed by atoms with E-state index in [9.17, 15) is 9.90 Å². The molecule has 1 rings (SSSR count). The molecule has 4 nitrogen and oxygen atoms in total. The summed E-state index contributed by atoms with van der Waals surface area (Å²) in [6.45, 7) is 6.16. The molecule has 0 bridgehead atoms. The van der Waals surface area contributed by atoms with Crippen molar-refractivity contribution in [3.05, 3.63) is 29.3 Å². The van der Waals surface area contributed by atoms with Crippen LogP contribution in [0.3, 0.4) is 0 Å². The summed E-state index contributed by atoms with van der Waals surface area (Å²) in [5, 5.41) is 12.3. The zero-order valence-corrected chi connectivity index (χ0v) is 10.6. The molecule has 1 amide bonds. The molecule has 0 fully saturated rings. The monoisotopic (exact) mass is 236 g/mol. The number of nitrogens with two attached hydrogens (primary N) is 1. The first-order valence-corrected chi connectivity index (χ1v) is 5.68. The number of hydrogen-bond donors (Lipinski definition) is 3. The summed E-state index contributed by atoms with van der Waals surface area (Å²) in [5.74, 6) is 0.0503. The number of aromatic hydroxyl groups is 1. The molecule has 0 atom stereocenters. The minimum Gasteiger partial charge on any atom is -0.508 e. The molecule has 0 spiro atoms. The fourth-order valence-electron chi connectivity index (χ4n) is 1.60. The molecule has 0 aliphatic carbocycles. The van der Waals surface area contributed by atoms with Crippen LogP contribution in [0, 0.1) is 6.92 Å². The molecule has 94 valence electrons. The lowest BCUT2D eigenvalue weighted by atomic mass is 10.00. The maximum Gasteiger partial charge on any atom is 0.251 e. The Kier molecular flexibility index (Phi) is 4.12. The van der Waals surface area contributed by atoms with Gasteiger partial charge in [-0.2, -0.15) is 0 Å². The van der Waals surface area contributed by atoms with Gasteiger partial charge in [0.2, 0.25) is 0 Å². The zero-order valence-electron chi connectivity index (χ0n) is 10.6. The van der Waals surface area contributed by atoms with Gasteiger partial charge in [-0.15, -0.1) is 0 Å². The molecule has 0 heterocycles. The van der Waals surface area contributed by atoms with Crippen molar-refractivity contribution in [2.24, 2.45) is 5.73 Å². The average Bonchev–Trinajstić information content (AvgIpc) is 2.21. The van der Waals surface area contributed by atoms with E-state index in [2.05, 4.69) is 5.32 Å². The summed E-state index contributed by atoms with van der Waals surface area (Å²) in [6.07, 6.45) is 0.718. The summed E-state index contributed by atoms with van der Waals surface area (Å²) in [4.78, 5) is 12.0. The van der Waals surface area contributed by atoms with Gasteiger partial charge in [0.15, 0.2) is 0 Å². The summed E-state index contributed by atoms with van der Waals surface area (Å²) >= 11 is 0. The van der Waals surface area contributed by atoms with Crippen molar-refractivity contribution >= 4 is 5.91 Å². The van der Waals surface area contributed by atoms with Crippen LogP contribution < -0.4 is 11.1 Å². The van der Waals surface area contributed by atoms with Gasteiger partial charge < -0.3 is 16.2 Å². The lowest BCUT2D eigenvalue weighted by Crippen LogP contribution is -2.44. The normalized spacial score (nSPS) is 11.3. The first kappa shape index (κ1) is 13.5. The molecule has 17 heavy (non-hydrogen) atoms. The highest BCUT2D eigenvalue weighted by molar-refractivity contribution is 5.95. The van der Waals surface area contributed by atoms with Gasteiger partial charge in [0.1, 0.15) is 5.75 Å². The highest BCUT2D eigenvalue weighted by atomic mass is 16.3. The van der Waals surface area contributed by atoms with Crippen molar-refractivity contribution in [1.29, 1.82) is 0 Å². The predicted molar refractivity (Wildman–Crippen MR) is 68.1 cm³/mol. The molecule has 4 N–H and O–H groups in total. The Labute approximate surface area is 102 Å². The van der Waals surface area contributed by atoms with Crippen LogP contribution in [0.25, 0.3) is 0 Å². The van der Waals surface area contributed by atoms with Crippen molar-refractivity contribution in [2.45, 2.75) is 32.7 Å². The summed E-state index contributed by atoms with van der Waals surface area (Å²) in [6, 6.07) is 4.81. The smallest absolute Gasteiger partial charge is 0.251 e. The Balaban J connectivity index is 2.80. The molecule has 0 aliphatic heterocycles. The van der Waals surface area contributed by atoms with Crippen LogP contribution in [0.2, 0.25) is 0 Å². The lowest BCUT2D eigenvalue weighted by molar-refractivity contribution is 0.0910. The molecule has 1 aromatic rings. The van der Waals surface area contributed by atoms with E-state index in [0.717, 1.165) is 6.42 Å². The average molecular weight is 236 g/mol. The summed E-state index contributed by atoms with van der Waals surface area (Å²) in [7, 11) is 0. The maximum absolute atomic E-state index is 12.0. The van der Waals surface area contributed by atoms with Gasteiger partial charge in [-0.3, -0.25) is 4.79 Å². The predicted octanol–water partition coefficient (Wildman–Crippen LogP) is 1.56. The fourth-order valence-corrected chi connectivity index (χ4v) is 1.60. The van der Waals surface area contributed by atoms with Crippen molar-refractivity contribution in [3.8, 4) is 5.75 Å². The Bertz CT molecular complexity index is 414. The zero-order chi connectivity index (χ0) is 13.1. The van der Waals surface area contributed by atoms with E-state index in [-0.39, 0.29) is 17.2 Å². The van der Waals surface area contributed by atoms with Crippen molar-refractivity contribution < 1.29 is 9.90 Å². The van der Waals surface area contributed by atoms with Gasteiger partial charge in [-0.05, 0) is 57.5 Å². The van der Waals surface area contributed by atoms with E-state index < -0.39 is 0 Å². The van der Waals surface area contributed by atoms with Crippen LogP contribution in [-0.2, 0) is 0 Å². The summed E-state index contributed by atoms with van der Waals surface area (Å²) < 4.78 is 0. The molecule has 1 aromatic carbocycles. The minimum absolute atomic E-state index is 0.147. The topological polar surface area (TPSA) is 75.4 Å². The number of carbonyl (C=O) groups excluding carboxylic acids is 1. The fraction of sp³-hybridized carbons (Fsp3) is 0.462. The third-order valence-corrected chi connectivity index (χ3v) is 2.68. The van der Waals surface area contributed by atoms with Crippen LogP contribution in [0.4, 0.5) is 0 Å². The molecule has 0 unspecified atom stereocenters. The van der Waals surface area contributed by atoms with E-state index in [1.165, 1.54) is 6.07 Å². The number of rotatable bonds is 4. The van der Waals surface area contributed by atoms with E-state index in [4.69, 9.17) is 5.73 Å². The summed E-state index contributed by atoms with van der Waals surface area (Å²) in [5.41, 5.74) is 6.40. The molecule has 0 saturated carbocycles. The maximum atomic E-state index is 12.0. The van der Waals surface area contributed by atoms with Crippen molar-refractivity contribution in [1.82, 2.24) is 5.32 Å². The molecule has 4 heteroatoms. The third kappa shape index (κ3) is 3.75. The van der Waals surface area contributed by atoms with Crippen LogP contribution in [0.1, 0.15) is 36.2 Å². The Morgan fingerprint density at radius 2 is 2.12 bits per heavy atom. The second-order valence-electron chi connectivity index (χ2n) is 4.88. The number of aryl methyl sites for hydroxylation is 1.